The van der Waals surface area contributed by atoms with Gasteiger partial charge in [0.2, 0.25) is 0 Å². The summed E-state index contributed by atoms with van der Waals surface area (Å²) in [4.78, 5) is 23.4. The first-order valence-electron chi connectivity index (χ1n) is 6.67. The molecule has 0 amide bonds. The van der Waals surface area contributed by atoms with E-state index in [1.54, 1.807) is 13.0 Å². The summed E-state index contributed by atoms with van der Waals surface area (Å²) in [5.74, 6) is -0.814. The molecule has 1 aliphatic carbocycles. The van der Waals surface area contributed by atoms with E-state index in [2.05, 4.69) is 4.90 Å². The fraction of sp³-hybridized carbons (Fsp3) is 0.500. The van der Waals surface area contributed by atoms with Crippen LogP contribution in [-0.4, -0.2) is 33.5 Å². The molecule has 1 N–H and O–H groups in total. The average Bonchev–Trinajstić information content (AvgIpc) is 3.20. The zero-order chi connectivity index (χ0) is 14.7. The van der Waals surface area contributed by atoms with Crippen LogP contribution < -0.4 is 0 Å². The Morgan fingerprint density at radius 2 is 2.20 bits per heavy atom. The normalized spacial score (nSPS) is 14.5. The van der Waals surface area contributed by atoms with Crippen LogP contribution in [0.1, 0.15) is 30.4 Å². The molecule has 0 atom stereocenters. The lowest BCUT2D eigenvalue weighted by molar-refractivity contribution is -0.385. The number of carbonyl (C=O) groups is 1. The van der Waals surface area contributed by atoms with Crippen molar-refractivity contribution >= 4 is 11.7 Å². The van der Waals surface area contributed by atoms with Crippen molar-refractivity contribution in [1.82, 2.24) is 4.90 Å². The van der Waals surface area contributed by atoms with Gasteiger partial charge in [0.1, 0.15) is 0 Å². The minimum absolute atomic E-state index is 0.102. The smallest absolute Gasteiger partial charge is 0.304 e. The third-order valence-corrected chi connectivity index (χ3v) is 3.66. The molecule has 108 valence electrons. The van der Waals surface area contributed by atoms with E-state index in [9.17, 15) is 14.9 Å². The molecule has 0 radical (unpaired) electrons. The maximum atomic E-state index is 10.9. The number of carboxylic acids is 1. The first-order valence-corrected chi connectivity index (χ1v) is 6.67. The lowest BCUT2D eigenvalue weighted by Crippen LogP contribution is -2.28. The Bertz CT molecular complexity index is 526. The minimum Gasteiger partial charge on any atom is -0.481 e. The van der Waals surface area contributed by atoms with Crippen molar-refractivity contribution in [2.75, 3.05) is 6.54 Å². The van der Waals surface area contributed by atoms with Crippen molar-refractivity contribution in [3.8, 4) is 0 Å². The predicted octanol–water partition coefficient (Wildman–Crippen LogP) is 2.34. The lowest BCUT2D eigenvalue weighted by Gasteiger charge is -2.22. The first-order chi connectivity index (χ1) is 9.49. The van der Waals surface area contributed by atoms with Gasteiger partial charge in [0, 0.05) is 30.8 Å². The second kappa shape index (κ2) is 6.00. The number of nitro benzene ring substituents is 1. The number of nitro groups is 1. The zero-order valence-electron chi connectivity index (χ0n) is 11.4. The third-order valence-electron chi connectivity index (χ3n) is 3.66. The Balaban J connectivity index is 2.12. The van der Waals surface area contributed by atoms with Gasteiger partial charge in [0.15, 0.2) is 0 Å². The van der Waals surface area contributed by atoms with Gasteiger partial charge in [-0.3, -0.25) is 19.8 Å². The Labute approximate surface area is 117 Å². The number of hydrogen-bond acceptors (Lipinski definition) is 4. The molecule has 6 heteroatoms. The van der Waals surface area contributed by atoms with Gasteiger partial charge in [0.25, 0.3) is 5.69 Å². The first kappa shape index (κ1) is 14.5. The molecule has 1 aromatic carbocycles. The average molecular weight is 278 g/mol. The van der Waals surface area contributed by atoms with Gasteiger partial charge in [-0.15, -0.1) is 0 Å². The Hall–Kier alpha value is -1.95. The van der Waals surface area contributed by atoms with Crippen LogP contribution in [-0.2, 0) is 11.3 Å². The van der Waals surface area contributed by atoms with E-state index in [1.165, 1.54) is 6.07 Å². The number of benzene rings is 1. The van der Waals surface area contributed by atoms with Gasteiger partial charge in [0.05, 0.1) is 11.3 Å². The molecule has 1 saturated carbocycles. The van der Waals surface area contributed by atoms with E-state index in [0.29, 0.717) is 24.7 Å². The molecule has 0 spiro atoms. The van der Waals surface area contributed by atoms with E-state index in [-0.39, 0.29) is 17.0 Å². The molecule has 0 aliphatic heterocycles. The molecule has 0 aromatic heterocycles. The van der Waals surface area contributed by atoms with Crippen LogP contribution >= 0.6 is 0 Å². The van der Waals surface area contributed by atoms with Crippen LogP contribution in [0.3, 0.4) is 0 Å². The van der Waals surface area contributed by atoms with Gasteiger partial charge in [-0.05, 0) is 25.3 Å². The van der Waals surface area contributed by atoms with Crippen molar-refractivity contribution in [2.45, 2.75) is 38.8 Å². The summed E-state index contributed by atoms with van der Waals surface area (Å²) in [5.41, 5.74) is 1.69. The van der Waals surface area contributed by atoms with Crippen molar-refractivity contribution in [3.05, 3.63) is 39.4 Å². The summed E-state index contributed by atoms with van der Waals surface area (Å²) in [6.45, 7) is 2.81. The molecule has 1 aromatic rings. The second-order valence-corrected chi connectivity index (χ2v) is 5.16. The van der Waals surface area contributed by atoms with Crippen molar-refractivity contribution < 1.29 is 14.8 Å². The molecule has 0 heterocycles. The standard InChI is InChI=1S/C14H18N2O4/c1-10-11(3-2-4-13(10)16(19)20)9-15(12-5-6-12)8-7-14(17)18/h2-4,12H,5-9H2,1H3,(H,17,18). The molecular weight excluding hydrogens is 260 g/mol. The van der Waals surface area contributed by atoms with Crippen LogP contribution in [0, 0.1) is 17.0 Å². The van der Waals surface area contributed by atoms with E-state index in [4.69, 9.17) is 5.11 Å². The molecule has 0 saturated heterocycles. The molecule has 1 aliphatic rings. The Morgan fingerprint density at radius 1 is 1.50 bits per heavy atom. The maximum absolute atomic E-state index is 10.9. The zero-order valence-corrected chi connectivity index (χ0v) is 11.4. The number of nitrogens with zero attached hydrogens (tertiary/aromatic N) is 2. The van der Waals surface area contributed by atoms with Crippen LogP contribution in [0.25, 0.3) is 0 Å². The highest BCUT2D eigenvalue weighted by Crippen LogP contribution is 2.30. The summed E-state index contributed by atoms with van der Waals surface area (Å²) in [6.07, 6.45) is 2.26. The summed E-state index contributed by atoms with van der Waals surface area (Å²) in [7, 11) is 0. The Kier molecular flexibility index (Phi) is 4.34. The van der Waals surface area contributed by atoms with E-state index in [1.807, 2.05) is 6.07 Å². The summed E-state index contributed by atoms with van der Waals surface area (Å²) < 4.78 is 0. The lowest BCUT2D eigenvalue weighted by atomic mass is 10.1. The quantitative estimate of drug-likeness (QED) is 0.611. The number of aliphatic carboxylic acids is 1. The highest BCUT2D eigenvalue weighted by atomic mass is 16.6. The van der Waals surface area contributed by atoms with Crippen molar-refractivity contribution in [2.24, 2.45) is 0 Å². The largest absolute Gasteiger partial charge is 0.481 e. The van der Waals surface area contributed by atoms with Crippen LogP contribution in [0.2, 0.25) is 0 Å². The van der Waals surface area contributed by atoms with Gasteiger partial charge in [-0.25, -0.2) is 0 Å². The number of carboxylic acid groups (broad SMARTS) is 1. The summed E-state index contributed by atoms with van der Waals surface area (Å²) >= 11 is 0. The van der Waals surface area contributed by atoms with E-state index in [0.717, 1.165) is 18.4 Å². The number of hydrogen-bond donors (Lipinski definition) is 1. The van der Waals surface area contributed by atoms with Gasteiger partial charge >= 0.3 is 5.97 Å². The third kappa shape index (κ3) is 3.54. The topological polar surface area (TPSA) is 83.7 Å². The minimum atomic E-state index is -0.814. The van der Waals surface area contributed by atoms with Crippen LogP contribution in [0.15, 0.2) is 18.2 Å². The fourth-order valence-electron chi connectivity index (χ4n) is 2.33. The molecule has 1 fully saturated rings. The van der Waals surface area contributed by atoms with E-state index < -0.39 is 5.97 Å². The van der Waals surface area contributed by atoms with Crippen molar-refractivity contribution in [3.63, 3.8) is 0 Å². The van der Waals surface area contributed by atoms with Crippen molar-refractivity contribution in [1.29, 1.82) is 0 Å². The number of rotatable bonds is 7. The molecule has 6 nitrogen and oxygen atoms in total. The second-order valence-electron chi connectivity index (χ2n) is 5.16. The molecular formula is C14H18N2O4. The molecule has 0 bridgehead atoms. The summed E-state index contributed by atoms with van der Waals surface area (Å²) in [6, 6.07) is 5.48. The highest BCUT2D eigenvalue weighted by Gasteiger charge is 2.29. The SMILES string of the molecule is Cc1c(CN(CCC(=O)O)C2CC2)cccc1[N+](=O)[O-]. The summed E-state index contributed by atoms with van der Waals surface area (Å²) in [5, 5.41) is 19.7. The van der Waals surface area contributed by atoms with Crippen LogP contribution in [0.5, 0.6) is 0 Å². The predicted molar refractivity (Wildman–Crippen MR) is 73.5 cm³/mol. The maximum Gasteiger partial charge on any atom is 0.304 e. The monoisotopic (exact) mass is 278 g/mol. The van der Waals surface area contributed by atoms with Crippen LogP contribution in [0.4, 0.5) is 5.69 Å². The molecule has 2 rings (SSSR count). The van der Waals surface area contributed by atoms with Gasteiger partial charge < -0.3 is 5.11 Å². The molecule has 20 heavy (non-hydrogen) atoms. The van der Waals surface area contributed by atoms with Gasteiger partial charge in [-0.1, -0.05) is 12.1 Å². The Morgan fingerprint density at radius 3 is 2.75 bits per heavy atom. The van der Waals surface area contributed by atoms with Gasteiger partial charge in [-0.2, -0.15) is 0 Å². The fourth-order valence-corrected chi connectivity index (χ4v) is 2.33. The molecule has 0 unspecified atom stereocenters. The van der Waals surface area contributed by atoms with E-state index >= 15 is 0 Å². The highest BCUT2D eigenvalue weighted by molar-refractivity contribution is 5.66.